The number of halogens is 2. The summed E-state index contributed by atoms with van der Waals surface area (Å²) >= 11 is 0. The van der Waals surface area contributed by atoms with Gasteiger partial charge in [0.15, 0.2) is 5.78 Å². The Hall–Kier alpha value is -3.07. The number of aryl methyl sites for hydroxylation is 1. The Balaban J connectivity index is 2.13. The number of allylic oxidation sites excluding steroid dienone is 2. The Labute approximate surface area is 174 Å². The molecule has 30 heavy (non-hydrogen) atoms. The molecule has 0 saturated heterocycles. The van der Waals surface area contributed by atoms with Crippen LogP contribution in [-0.2, 0) is 10.2 Å². The summed E-state index contributed by atoms with van der Waals surface area (Å²) in [6.45, 7) is 7.85. The molecular formula is C24H23F2N3O. The zero-order valence-corrected chi connectivity index (χ0v) is 17.4. The van der Waals surface area contributed by atoms with Crippen LogP contribution in [-0.4, -0.2) is 10.8 Å². The quantitative estimate of drug-likeness (QED) is 0.706. The van der Waals surface area contributed by atoms with Gasteiger partial charge in [-0.1, -0.05) is 38.1 Å². The van der Waals surface area contributed by atoms with Crippen LogP contribution in [0.5, 0.6) is 0 Å². The van der Waals surface area contributed by atoms with Crippen LogP contribution < -0.4 is 5.32 Å². The molecular weight excluding hydrogens is 384 g/mol. The molecule has 1 atom stereocenters. The number of rotatable bonds is 2. The van der Waals surface area contributed by atoms with Gasteiger partial charge in [-0.2, -0.15) is 5.26 Å². The highest BCUT2D eigenvalue weighted by molar-refractivity contribution is 6.03. The molecule has 0 bridgehead atoms. The maximum atomic E-state index is 13.7. The van der Waals surface area contributed by atoms with Gasteiger partial charge in [0, 0.05) is 29.5 Å². The Bertz CT molecular complexity index is 1140. The number of alkyl halides is 2. The van der Waals surface area contributed by atoms with E-state index in [2.05, 4.69) is 10.3 Å². The number of aromatic nitrogens is 1. The van der Waals surface area contributed by atoms with Crippen molar-refractivity contribution in [3.63, 3.8) is 0 Å². The minimum Gasteiger partial charge on any atom is -0.343 e. The molecule has 2 heterocycles. The summed E-state index contributed by atoms with van der Waals surface area (Å²) in [5.74, 6) is 0.336. The molecule has 2 aliphatic rings. The van der Waals surface area contributed by atoms with Crippen molar-refractivity contribution in [3.8, 4) is 6.07 Å². The highest BCUT2D eigenvalue weighted by Crippen LogP contribution is 2.54. The molecule has 1 N–H and O–H groups in total. The monoisotopic (exact) mass is 407 g/mol. The van der Waals surface area contributed by atoms with Gasteiger partial charge in [-0.25, -0.2) is 13.8 Å². The first-order valence-corrected chi connectivity index (χ1v) is 9.91. The van der Waals surface area contributed by atoms with Gasteiger partial charge in [0.05, 0.1) is 16.5 Å². The van der Waals surface area contributed by atoms with Crippen molar-refractivity contribution in [2.24, 2.45) is 5.41 Å². The molecule has 0 spiro atoms. The molecule has 4 nitrogen and oxygen atoms in total. The van der Waals surface area contributed by atoms with Crippen molar-refractivity contribution in [1.82, 2.24) is 4.98 Å². The molecule has 0 fully saturated rings. The third-order valence-electron chi connectivity index (χ3n) is 6.28. The number of carbonyl (C=O) groups is 1. The van der Waals surface area contributed by atoms with E-state index in [1.165, 1.54) is 0 Å². The molecule has 0 amide bonds. The minimum absolute atomic E-state index is 0.0310. The van der Waals surface area contributed by atoms with Crippen molar-refractivity contribution in [1.29, 1.82) is 5.26 Å². The number of fused-ring (bicyclic) bond motifs is 1. The van der Waals surface area contributed by atoms with Gasteiger partial charge in [-0.15, -0.1) is 0 Å². The van der Waals surface area contributed by atoms with E-state index in [0.717, 1.165) is 23.0 Å². The van der Waals surface area contributed by atoms with Crippen LogP contribution in [0.2, 0.25) is 0 Å². The number of anilines is 1. The first-order valence-electron chi connectivity index (χ1n) is 9.91. The maximum absolute atomic E-state index is 13.7. The normalized spacial score (nSPS) is 22.3. The van der Waals surface area contributed by atoms with E-state index in [1.54, 1.807) is 0 Å². The number of Topliss-reactive ketones (excluding diaryl/α,β-unsaturated/α-hetero) is 1. The maximum Gasteiger partial charge on any atom is 0.266 e. The average molecular weight is 407 g/mol. The van der Waals surface area contributed by atoms with Crippen molar-refractivity contribution < 1.29 is 13.6 Å². The molecule has 1 aliphatic heterocycles. The zero-order valence-electron chi connectivity index (χ0n) is 17.4. The second-order valence-corrected chi connectivity index (χ2v) is 9.08. The van der Waals surface area contributed by atoms with Crippen LogP contribution in [0.3, 0.4) is 0 Å². The number of nitrogens with zero attached hydrogens (tertiary/aromatic N) is 2. The molecule has 154 valence electrons. The fourth-order valence-electron chi connectivity index (χ4n) is 5.07. The van der Waals surface area contributed by atoms with Gasteiger partial charge in [-0.3, -0.25) is 4.79 Å². The third-order valence-corrected chi connectivity index (χ3v) is 6.28. The summed E-state index contributed by atoms with van der Waals surface area (Å²) in [6.07, 6.45) is -0.784. The standard InChI is InChI=1S/C24H23F2N3O/c1-13-7-5-6-8-16(13)24(4)19-14(11-27)15(21(25)26)12-28-22(19)29-17-9-23(2,3)10-18(30)20(17)24/h5-8,12,21H,9-10H2,1-4H3,(H,28,29)/t24-/m0/s1. The van der Waals surface area contributed by atoms with Crippen LogP contribution in [0.25, 0.3) is 0 Å². The van der Waals surface area contributed by atoms with Crippen molar-refractivity contribution >= 4 is 11.6 Å². The molecule has 1 aromatic heterocycles. The highest BCUT2D eigenvalue weighted by atomic mass is 19.3. The van der Waals surface area contributed by atoms with Crippen LogP contribution in [0, 0.1) is 23.7 Å². The number of nitrogens with one attached hydrogen (secondary N) is 1. The predicted molar refractivity (Wildman–Crippen MR) is 110 cm³/mol. The first-order chi connectivity index (χ1) is 14.1. The Morgan fingerprint density at radius 3 is 2.53 bits per heavy atom. The second-order valence-electron chi connectivity index (χ2n) is 9.08. The fraction of sp³-hybridized carbons (Fsp3) is 0.375. The Morgan fingerprint density at radius 1 is 1.20 bits per heavy atom. The lowest BCUT2D eigenvalue weighted by Crippen LogP contribution is -2.43. The van der Waals surface area contributed by atoms with E-state index in [1.807, 2.05) is 58.0 Å². The highest BCUT2D eigenvalue weighted by Gasteiger charge is 2.50. The van der Waals surface area contributed by atoms with Gasteiger partial charge in [0.25, 0.3) is 6.43 Å². The van der Waals surface area contributed by atoms with Crippen molar-refractivity contribution in [2.75, 3.05) is 5.32 Å². The molecule has 0 unspecified atom stereocenters. The number of nitriles is 1. The van der Waals surface area contributed by atoms with E-state index < -0.39 is 17.4 Å². The summed E-state index contributed by atoms with van der Waals surface area (Å²) in [5, 5.41) is 13.1. The van der Waals surface area contributed by atoms with Crippen LogP contribution in [0.15, 0.2) is 41.7 Å². The number of hydrogen-bond acceptors (Lipinski definition) is 4. The number of carbonyl (C=O) groups excluding carboxylic acids is 1. The van der Waals surface area contributed by atoms with Gasteiger partial charge in [0.2, 0.25) is 0 Å². The van der Waals surface area contributed by atoms with E-state index >= 15 is 0 Å². The lowest BCUT2D eigenvalue weighted by molar-refractivity contribution is -0.118. The molecule has 1 aromatic carbocycles. The molecule has 4 rings (SSSR count). The van der Waals surface area contributed by atoms with Crippen LogP contribution in [0.4, 0.5) is 14.6 Å². The molecule has 0 radical (unpaired) electrons. The van der Waals surface area contributed by atoms with Gasteiger partial charge >= 0.3 is 0 Å². The van der Waals surface area contributed by atoms with E-state index in [9.17, 15) is 18.8 Å². The first kappa shape index (κ1) is 20.2. The number of hydrogen-bond donors (Lipinski definition) is 1. The fourth-order valence-corrected chi connectivity index (χ4v) is 5.07. The molecule has 0 saturated carbocycles. The van der Waals surface area contributed by atoms with E-state index in [4.69, 9.17) is 0 Å². The Morgan fingerprint density at radius 2 is 1.90 bits per heavy atom. The molecule has 6 heteroatoms. The Kier molecular flexibility index (Phi) is 4.54. The summed E-state index contributed by atoms with van der Waals surface area (Å²) in [4.78, 5) is 17.7. The number of pyridine rings is 1. The van der Waals surface area contributed by atoms with E-state index in [-0.39, 0.29) is 16.8 Å². The largest absolute Gasteiger partial charge is 0.343 e. The van der Waals surface area contributed by atoms with Gasteiger partial charge in [0.1, 0.15) is 11.9 Å². The predicted octanol–water partition coefficient (Wildman–Crippen LogP) is 5.57. The molecule has 2 aromatic rings. The van der Waals surface area contributed by atoms with Crippen LogP contribution in [0.1, 0.15) is 67.9 Å². The van der Waals surface area contributed by atoms with Crippen molar-refractivity contribution in [3.05, 3.63) is 69.5 Å². The van der Waals surface area contributed by atoms with Gasteiger partial charge < -0.3 is 5.32 Å². The summed E-state index contributed by atoms with van der Waals surface area (Å²) < 4.78 is 27.5. The number of ketones is 1. The summed E-state index contributed by atoms with van der Waals surface area (Å²) in [6, 6.07) is 9.57. The average Bonchev–Trinajstić information content (AvgIpc) is 2.65. The molecule has 1 aliphatic carbocycles. The number of benzene rings is 1. The lowest BCUT2D eigenvalue weighted by atomic mass is 9.60. The summed E-state index contributed by atoms with van der Waals surface area (Å²) in [7, 11) is 0. The van der Waals surface area contributed by atoms with Gasteiger partial charge in [-0.05, 0) is 36.8 Å². The van der Waals surface area contributed by atoms with Crippen molar-refractivity contribution in [2.45, 2.75) is 52.4 Å². The summed E-state index contributed by atoms with van der Waals surface area (Å²) in [5.41, 5.74) is 1.59. The minimum atomic E-state index is -2.84. The lowest BCUT2D eigenvalue weighted by Gasteiger charge is -2.45. The smallest absolute Gasteiger partial charge is 0.266 e. The van der Waals surface area contributed by atoms with Crippen LogP contribution >= 0.6 is 0 Å². The topological polar surface area (TPSA) is 65.8 Å². The third kappa shape index (κ3) is 2.84. The SMILES string of the molecule is Cc1ccccc1[C@]1(C)C2=C(CC(C)(C)CC2=O)Nc2ncc(C(F)F)c(C#N)c21. The zero-order chi connectivity index (χ0) is 21.8. The second kappa shape index (κ2) is 6.73. The van der Waals surface area contributed by atoms with E-state index in [0.29, 0.717) is 29.8 Å².